The maximum Gasteiger partial charge on any atom is 0.269 e. The molecule has 1 aliphatic rings. The number of amides is 2. The van der Waals surface area contributed by atoms with E-state index in [-0.39, 0.29) is 18.5 Å². The summed E-state index contributed by atoms with van der Waals surface area (Å²) in [4.78, 5) is 44.3. The molecular weight excluding hydrogens is 468 g/mol. The first-order valence-corrected chi connectivity index (χ1v) is 12.7. The van der Waals surface area contributed by atoms with E-state index in [1.165, 1.54) is 22.9 Å². The van der Waals surface area contributed by atoms with Gasteiger partial charge in [-0.25, -0.2) is 4.98 Å². The Morgan fingerprint density at radius 1 is 1.17 bits per heavy atom. The first-order chi connectivity index (χ1) is 17.0. The van der Waals surface area contributed by atoms with Gasteiger partial charge in [-0.1, -0.05) is 13.3 Å². The SMILES string of the molecule is CCCCOc1ccc(C(=O)NNC(=O)CCn2cnc3sc4c(c3c2=O)CCCC4)cc1OC. The number of carbonyl (C=O) groups is 2. The summed E-state index contributed by atoms with van der Waals surface area (Å²) in [6, 6.07) is 4.84. The van der Waals surface area contributed by atoms with Crippen LogP contribution in [0.2, 0.25) is 0 Å². The number of benzene rings is 1. The van der Waals surface area contributed by atoms with Gasteiger partial charge in [0.25, 0.3) is 11.5 Å². The van der Waals surface area contributed by atoms with E-state index >= 15 is 0 Å². The molecule has 0 atom stereocenters. The molecule has 10 heteroatoms. The second-order valence-electron chi connectivity index (χ2n) is 8.45. The van der Waals surface area contributed by atoms with Gasteiger partial charge in [0.15, 0.2) is 11.5 Å². The van der Waals surface area contributed by atoms with Crippen LogP contribution in [0.15, 0.2) is 29.3 Å². The Balaban J connectivity index is 1.33. The number of hydrogen-bond acceptors (Lipinski definition) is 7. The van der Waals surface area contributed by atoms with Crippen LogP contribution in [0.5, 0.6) is 11.5 Å². The lowest BCUT2D eigenvalue weighted by Gasteiger charge is -2.13. The summed E-state index contributed by atoms with van der Waals surface area (Å²) >= 11 is 1.60. The zero-order valence-corrected chi connectivity index (χ0v) is 20.8. The molecule has 35 heavy (non-hydrogen) atoms. The first kappa shape index (κ1) is 24.7. The normalized spacial score (nSPS) is 12.7. The van der Waals surface area contributed by atoms with Crippen LogP contribution in [0, 0.1) is 0 Å². The van der Waals surface area contributed by atoms with Crippen LogP contribution < -0.4 is 25.9 Å². The van der Waals surface area contributed by atoms with Crippen molar-refractivity contribution < 1.29 is 19.1 Å². The molecule has 0 bridgehead atoms. The zero-order valence-electron chi connectivity index (χ0n) is 20.0. The number of nitrogens with one attached hydrogen (secondary N) is 2. The van der Waals surface area contributed by atoms with Gasteiger partial charge < -0.3 is 9.47 Å². The van der Waals surface area contributed by atoms with E-state index in [0.29, 0.717) is 29.1 Å². The van der Waals surface area contributed by atoms with Crippen molar-refractivity contribution in [2.24, 2.45) is 0 Å². The van der Waals surface area contributed by atoms with E-state index in [4.69, 9.17) is 9.47 Å². The standard InChI is InChI=1S/C25H30N4O5S/c1-3-4-13-34-18-10-9-16(14-19(18)33-2)23(31)28-27-21(30)11-12-29-15-26-24-22(25(29)32)17-7-5-6-8-20(17)35-24/h9-10,14-15H,3-8,11-13H2,1-2H3,(H,27,30)(H,28,31). The molecule has 0 saturated heterocycles. The van der Waals surface area contributed by atoms with Gasteiger partial charge in [-0.15, -0.1) is 11.3 Å². The first-order valence-electron chi connectivity index (χ1n) is 11.9. The molecule has 2 aromatic heterocycles. The molecule has 0 saturated carbocycles. The van der Waals surface area contributed by atoms with Gasteiger partial charge in [0.1, 0.15) is 4.83 Å². The molecule has 1 aliphatic carbocycles. The minimum atomic E-state index is -0.484. The van der Waals surface area contributed by atoms with Crippen molar-refractivity contribution in [1.82, 2.24) is 20.4 Å². The molecule has 186 valence electrons. The molecule has 1 aromatic carbocycles. The zero-order chi connectivity index (χ0) is 24.8. The largest absolute Gasteiger partial charge is 0.493 e. The number of hydrogen-bond donors (Lipinski definition) is 2. The monoisotopic (exact) mass is 498 g/mol. The van der Waals surface area contributed by atoms with E-state index in [0.717, 1.165) is 48.9 Å². The number of rotatable bonds is 9. The average Bonchev–Trinajstić information content (AvgIpc) is 3.26. The molecular formula is C25H30N4O5S. The van der Waals surface area contributed by atoms with Crippen LogP contribution in [0.4, 0.5) is 0 Å². The second-order valence-corrected chi connectivity index (χ2v) is 9.54. The Morgan fingerprint density at radius 3 is 2.80 bits per heavy atom. The Kier molecular flexibility index (Phi) is 8.02. The fraction of sp³-hybridized carbons (Fsp3) is 0.440. The molecule has 9 nitrogen and oxygen atoms in total. The van der Waals surface area contributed by atoms with Gasteiger partial charge in [-0.05, 0) is 55.9 Å². The molecule has 0 spiro atoms. The quantitative estimate of drug-likeness (QED) is 0.346. The van der Waals surface area contributed by atoms with E-state index in [1.807, 2.05) is 0 Å². The average molecular weight is 499 g/mol. The molecule has 0 fully saturated rings. The van der Waals surface area contributed by atoms with Crippen LogP contribution in [0.3, 0.4) is 0 Å². The summed E-state index contributed by atoms with van der Waals surface area (Å²) in [5.74, 6) is 0.105. The molecule has 3 aromatic rings. The Bertz CT molecular complexity index is 1280. The number of fused-ring (bicyclic) bond motifs is 3. The van der Waals surface area contributed by atoms with Gasteiger partial charge in [-0.2, -0.15) is 0 Å². The highest BCUT2D eigenvalue weighted by atomic mass is 32.1. The van der Waals surface area contributed by atoms with Gasteiger partial charge in [0, 0.05) is 23.4 Å². The highest BCUT2D eigenvalue weighted by Gasteiger charge is 2.20. The summed E-state index contributed by atoms with van der Waals surface area (Å²) in [6.07, 6.45) is 7.57. The van der Waals surface area contributed by atoms with Crippen LogP contribution >= 0.6 is 11.3 Å². The molecule has 2 heterocycles. The number of aryl methyl sites for hydroxylation is 3. The molecule has 2 N–H and O–H groups in total. The van der Waals surface area contributed by atoms with Gasteiger partial charge in [-0.3, -0.25) is 29.8 Å². The van der Waals surface area contributed by atoms with Gasteiger partial charge in [0.2, 0.25) is 5.91 Å². The number of unbranched alkanes of at least 4 members (excludes halogenated alkanes) is 1. The Hall–Kier alpha value is -3.40. The fourth-order valence-corrected chi connectivity index (χ4v) is 5.30. The number of nitrogens with zero attached hydrogens (tertiary/aromatic N) is 2. The number of carbonyl (C=O) groups excluding carboxylic acids is 2. The highest BCUT2D eigenvalue weighted by Crippen LogP contribution is 2.33. The van der Waals surface area contributed by atoms with E-state index in [1.54, 1.807) is 29.5 Å². The van der Waals surface area contributed by atoms with Crippen molar-refractivity contribution >= 4 is 33.4 Å². The smallest absolute Gasteiger partial charge is 0.269 e. The van der Waals surface area contributed by atoms with Crippen molar-refractivity contribution in [2.45, 2.75) is 58.4 Å². The summed E-state index contributed by atoms with van der Waals surface area (Å²) in [5, 5.41) is 0.692. The fourth-order valence-electron chi connectivity index (χ4n) is 4.08. The van der Waals surface area contributed by atoms with Crippen LogP contribution in [-0.4, -0.2) is 35.1 Å². The van der Waals surface area contributed by atoms with Crippen LogP contribution in [-0.2, 0) is 24.2 Å². The predicted octanol–water partition coefficient (Wildman–Crippen LogP) is 3.38. The van der Waals surface area contributed by atoms with Crippen LogP contribution in [0.25, 0.3) is 10.2 Å². The third-order valence-corrected chi connectivity index (χ3v) is 7.22. The van der Waals surface area contributed by atoms with Gasteiger partial charge >= 0.3 is 0 Å². The number of ether oxygens (including phenoxy) is 2. The van der Waals surface area contributed by atoms with Crippen LogP contribution in [0.1, 0.15) is 59.8 Å². The van der Waals surface area contributed by atoms with E-state index in [9.17, 15) is 14.4 Å². The maximum atomic E-state index is 13.0. The lowest BCUT2D eigenvalue weighted by atomic mass is 9.97. The van der Waals surface area contributed by atoms with Gasteiger partial charge in [0.05, 0.1) is 25.4 Å². The van der Waals surface area contributed by atoms with Crippen molar-refractivity contribution in [3.8, 4) is 11.5 Å². The highest BCUT2D eigenvalue weighted by molar-refractivity contribution is 7.18. The van der Waals surface area contributed by atoms with Crippen molar-refractivity contribution in [3.63, 3.8) is 0 Å². The number of thiophene rings is 1. The lowest BCUT2D eigenvalue weighted by Crippen LogP contribution is -2.42. The molecule has 4 rings (SSSR count). The van der Waals surface area contributed by atoms with Crippen molar-refractivity contribution in [1.29, 1.82) is 0 Å². The molecule has 0 unspecified atom stereocenters. The Labute approximate surface area is 207 Å². The van der Waals surface area contributed by atoms with E-state index < -0.39 is 11.8 Å². The minimum Gasteiger partial charge on any atom is -0.493 e. The van der Waals surface area contributed by atoms with Crippen molar-refractivity contribution in [3.05, 3.63) is 50.9 Å². The summed E-state index contributed by atoms with van der Waals surface area (Å²) in [7, 11) is 1.51. The summed E-state index contributed by atoms with van der Waals surface area (Å²) < 4.78 is 12.5. The minimum absolute atomic E-state index is 0.0211. The lowest BCUT2D eigenvalue weighted by molar-refractivity contribution is -0.122. The second kappa shape index (κ2) is 11.4. The Morgan fingerprint density at radius 2 is 2.00 bits per heavy atom. The number of hydrazine groups is 1. The third-order valence-electron chi connectivity index (χ3n) is 6.02. The summed E-state index contributed by atoms with van der Waals surface area (Å²) in [6.45, 7) is 2.81. The molecule has 0 radical (unpaired) electrons. The third kappa shape index (κ3) is 5.64. The number of aromatic nitrogens is 2. The van der Waals surface area contributed by atoms with Crippen molar-refractivity contribution in [2.75, 3.05) is 13.7 Å². The summed E-state index contributed by atoms with van der Waals surface area (Å²) in [5.41, 5.74) is 6.13. The topological polar surface area (TPSA) is 112 Å². The predicted molar refractivity (Wildman–Crippen MR) is 134 cm³/mol. The molecule has 2 amide bonds. The number of methoxy groups -OCH3 is 1. The maximum absolute atomic E-state index is 13.0. The molecule has 0 aliphatic heterocycles. The van der Waals surface area contributed by atoms with E-state index in [2.05, 4.69) is 22.8 Å².